The molecule has 2 amide bonds. The van der Waals surface area contributed by atoms with Gasteiger partial charge >= 0.3 is 12.2 Å². The average molecular weight is 347 g/mol. The Hall–Kier alpha value is -2.82. The molecule has 2 heterocycles. The third-order valence-corrected chi connectivity index (χ3v) is 4.36. The molecular weight excluding hydrogens is 333 g/mol. The number of nitrogens with two attached hydrogens (primary N) is 1. The molecule has 8 heteroatoms. The van der Waals surface area contributed by atoms with Gasteiger partial charge in [0, 0.05) is 30.6 Å². The zero-order valence-corrected chi connectivity index (χ0v) is 13.0. The number of rotatable bonds is 1. The number of amides is 2. The van der Waals surface area contributed by atoms with Gasteiger partial charge < -0.3 is 10.6 Å². The maximum Gasteiger partial charge on any atom is 0.393 e. The van der Waals surface area contributed by atoms with Crippen molar-refractivity contribution in [2.75, 3.05) is 13.1 Å². The Morgan fingerprint density at radius 1 is 1.36 bits per heavy atom. The number of carbonyl (C=O) groups excluding carboxylic acids is 1. The van der Waals surface area contributed by atoms with Crippen molar-refractivity contribution in [1.29, 1.82) is 5.26 Å². The number of nitriles is 1. The van der Waals surface area contributed by atoms with E-state index in [0.717, 1.165) is 4.90 Å². The topological polar surface area (TPSA) is 83.0 Å². The third-order valence-electron chi connectivity index (χ3n) is 4.36. The van der Waals surface area contributed by atoms with Crippen LogP contribution in [0.1, 0.15) is 17.5 Å². The van der Waals surface area contributed by atoms with E-state index in [0.29, 0.717) is 27.9 Å². The molecule has 5 nitrogen and oxygen atoms in total. The summed E-state index contributed by atoms with van der Waals surface area (Å²) in [6, 6.07) is 7.64. The van der Waals surface area contributed by atoms with Crippen molar-refractivity contribution in [3.63, 3.8) is 0 Å². The van der Waals surface area contributed by atoms with Gasteiger partial charge in [-0.25, -0.2) is 4.79 Å². The minimum absolute atomic E-state index is 0.0256. The van der Waals surface area contributed by atoms with E-state index in [2.05, 4.69) is 4.98 Å². The SMILES string of the molecule is N#Cc1ccc([C]2C[C@@H](C(F)(F)F)CN(C(N)=O)C2)c2cccnc12. The smallest absolute Gasteiger partial charge is 0.351 e. The number of carbonyl (C=O) groups is 1. The number of aromatic nitrogens is 1. The zero-order chi connectivity index (χ0) is 18.2. The highest BCUT2D eigenvalue weighted by Gasteiger charge is 2.46. The van der Waals surface area contributed by atoms with Gasteiger partial charge in [0.2, 0.25) is 0 Å². The van der Waals surface area contributed by atoms with E-state index in [1.54, 1.807) is 18.2 Å². The minimum atomic E-state index is -4.43. The number of primary amides is 1. The third kappa shape index (κ3) is 3.22. The second-order valence-corrected chi connectivity index (χ2v) is 5.94. The monoisotopic (exact) mass is 347 g/mol. The molecule has 0 bridgehead atoms. The van der Waals surface area contributed by atoms with E-state index in [1.807, 2.05) is 6.07 Å². The summed E-state index contributed by atoms with van der Waals surface area (Å²) >= 11 is 0. The molecule has 2 aromatic rings. The fourth-order valence-corrected chi connectivity index (χ4v) is 3.14. The standard InChI is InChI=1S/C17H14F3N4O/c18-17(19,20)12-6-11(8-24(9-12)16(22)25)13-4-3-10(7-21)15-14(13)2-1-5-23-15/h1-5,12H,6,8-9H2,(H2,22,25)/t12-/m1/s1. The quantitative estimate of drug-likeness (QED) is 0.861. The van der Waals surface area contributed by atoms with Crippen LogP contribution in [0.15, 0.2) is 30.5 Å². The number of hydrogen-bond donors (Lipinski definition) is 1. The Morgan fingerprint density at radius 2 is 2.12 bits per heavy atom. The van der Waals surface area contributed by atoms with Crippen molar-refractivity contribution in [2.24, 2.45) is 11.7 Å². The van der Waals surface area contributed by atoms with Crippen molar-refractivity contribution in [1.82, 2.24) is 9.88 Å². The molecule has 1 aromatic carbocycles. The first kappa shape index (κ1) is 17.0. The lowest BCUT2D eigenvalue weighted by molar-refractivity contribution is -0.181. The summed E-state index contributed by atoms with van der Waals surface area (Å²) in [6.45, 7) is -0.424. The number of hydrogen-bond acceptors (Lipinski definition) is 3. The Kier molecular flexibility index (Phi) is 4.25. The molecule has 1 atom stereocenters. The molecule has 1 aliphatic rings. The van der Waals surface area contributed by atoms with Crippen molar-refractivity contribution >= 4 is 16.9 Å². The number of urea groups is 1. The van der Waals surface area contributed by atoms with Crippen LogP contribution in [0.2, 0.25) is 0 Å². The second kappa shape index (κ2) is 6.24. The normalized spacial score (nSPS) is 19.0. The maximum absolute atomic E-state index is 13.3. The van der Waals surface area contributed by atoms with Gasteiger partial charge in [0.05, 0.1) is 17.0 Å². The first-order chi connectivity index (χ1) is 11.8. The lowest BCUT2D eigenvalue weighted by atomic mass is 9.82. The highest BCUT2D eigenvalue weighted by atomic mass is 19.4. The predicted octanol–water partition coefficient (Wildman–Crippen LogP) is 2.99. The molecule has 1 radical (unpaired) electrons. The molecule has 3 rings (SSSR count). The summed E-state index contributed by atoms with van der Waals surface area (Å²) < 4.78 is 39.8. The van der Waals surface area contributed by atoms with E-state index in [9.17, 15) is 23.2 Å². The summed E-state index contributed by atoms with van der Waals surface area (Å²) in [5.74, 6) is -1.22. The summed E-state index contributed by atoms with van der Waals surface area (Å²) in [7, 11) is 0. The lowest BCUT2D eigenvalue weighted by Gasteiger charge is -2.37. The Labute approximate surface area is 141 Å². The molecule has 25 heavy (non-hydrogen) atoms. The van der Waals surface area contributed by atoms with Crippen molar-refractivity contribution < 1.29 is 18.0 Å². The van der Waals surface area contributed by atoms with Gasteiger partial charge in [-0.05, 0) is 24.1 Å². The number of fused-ring (bicyclic) bond motifs is 1. The van der Waals surface area contributed by atoms with Gasteiger partial charge in [0.15, 0.2) is 0 Å². The van der Waals surface area contributed by atoms with Gasteiger partial charge in [0.1, 0.15) is 6.07 Å². The highest BCUT2D eigenvalue weighted by molar-refractivity contribution is 5.89. The van der Waals surface area contributed by atoms with Crippen LogP contribution in [-0.4, -0.2) is 35.2 Å². The number of likely N-dealkylation sites (tertiary alicyclic amines) is 1. The Morgan fingerprint density at radius 3 is 2.76 bits per heavy atom. The summed E-state index contributed by atoms with van der Waals surface area (Å²) in [5.41, 5.74) is 6.55. The largest absolute Gasteiger partial charge is 0.393 e. The van der Waals surface area contributed by atoms with Crippen molar-refractivity contribution in [3.8, 4) is 6.07 Å². The van der Waals surface area contributed by atoms with Crippen molar-refractivity contribution in [2.45, 2.75) is 12.6 Å². The highest BCUT2D eigenvalue weighted by Crippen LogP contribution is 2.40. The Balaban J connectivity index is 2.07. The molecule has 1 aliphatic heterocycles. The van der Waals surface area contributed by atoms with Gasteiger partial charge in [-0.2, -0.15) is 18.4 Å². The number of halogens is 3. The van der Waals surface area contributed by atoms with Crippen LogP contribution in [0, 0.1) is 23.2 Å². The molecule has 129 valence electrons. The van der Waals surface area contributed by atoms with Gasteiger partial charge in [-0.15, -0.1) is 0 Å². The fraction of sp³-hybridized carbons (Fsp3) is 0.294. The van der Waals surface area contributed by atoms with E-state index < -0.39 is 24.7 Å². The van der Waals surface area contributed by atoms with Gasteiger partial charge in [-0.1, -0.05) is 12.1 Å². The molecule has 0 unspecified atom stereocenters. The first-order valence-corrected chi connectivity index (χ1v) is 7.55. The zero-order valence-electron chi connectivity index (χ0n) is 13.0. The van der Waals surface area contributed by atoms with Crippen LogP contribution >= 0.6 is 0 Å². The molecule has 0 aliphatic carbocycles. The average Bonchev–Trinajstić information content (AvgIpc) is 2.59. The van der Waals surface area contributed by atoms with E-state index in [1.165, 1.54) is 12.3 Å². The maximum atomic E-state index is 13.3. The van der Waals surface area contributed by atoms with Crippen LogP contribution in [-0.2, 0) is 0 Å². The van der Waals surface area contributed by atoms with E-state index >= 15 is 0 Å². The Bertz CT molecular complexity index is 859. The molecule has 1 fully saturated rings. The lowest BCUT2D eigenvalue weighted by Crippen LogP contribution is -2.49. The molecular formula is C17H14F3N4O. The minimum Gasteiger partial charge on any atom is -0.351 e. The second-order valence-electron chi connectivity index (χ2n) is 5.94. The molecule has 0 saturated carbocycles. The number of pyridine rings is 1. The fourth-order valence-electron chi connectivity index (χ4n) is 3.14. The van der Waals surface area contributed by atoms with Crippen LogP contribution < -0.4 is 5.73 Å². The molecule has 2 N–H and O–H groups in total. The van der Waals surface area contributed by atoms with Crippen LogP contribution in [0.25, 0.3) is 10.9 Å². The van der Waals surface area contributed by atoms with Gasteiger partial charge in [-0.3, -0.25) is 4.98 Å². The number of benzene rings is 1. The van der Waals surface area contributed by atoms with Crippen molar-refractivity contribution in [3.05, 3.63) is 47.5 Å². The number of piperidine rings is 1. The summed E-state index contributed by atoms with van der Waals surface area (Å²) in [5, 5.41) is 9.77. The molecule has 0 spiro atoms. The van der Waals surface area contributed by atoms with Gasteiger partial charge in [0.25, 0.3) is 0 Å². The first-order valence-electron chi connectivity index (χ1n) is 7.55. The van der Waals surface area contributed by atoms with E-state index in [-0.39, 0.29) is 13.0 Å². The van der Waals surface area contributed by atoms with Crippen LogP contribution in [0.5, 0.6) is 0 Å². The molecule has 1 saturated heterocycles. The summed E-state index contributed by atoms with van der Waals surface area (Å²) in [4.78, 5) is 16.6. The predicted molar refractivity (Wildman–Crippen MR) is 84.1 cm³/mol. The van der Waals surface area contributed by atoms with E-state index in [4.69, 9.17) is 5.73 Å². The molecule has 1 aromatic heterocycles. The number of nitrogens with zero attached hydrogens (tertiary/aromatic N) is 3. The summed E-state index contributed by atoms with van der Waals surface area (Å²) in [6.07, 6.45) is -3.13. The number of alkyl halides is 3. The van der Waals surface area contributed by atoms with Crippen LogP contribution in [0.3, 0.4) is 0 Å². The van der Waals surface area contributed by atoms with Crippen LogP contribution in [0.4, 0.5) is 18.0 Å².